The van der Waals surface area contributed by atoms with Gasteiger partial charge in [-0.1, -0.05) is 34.6 Å². The second-order valence-corrected chi connectivity index (χ2v) is 7.42. The van der Waals surface area contributed by atoms with Crippen molar-refractivity contribution in [1.29, 1.82) is 5.26 Å². The van der Waals surface area contributed by atoms with Gasteiger partial charge in [0.2, 0.25) is 5.91 Å². The summed E-state index contributed by atoms with van der Waals surface area (Å²) in [6, 6.07) is 0. The number of hydrogen-bond donors (Lipinski definition) is 1. The van der Waals surface area contributed by atoms with Crippen molar-refractivity contribution in [3.05, 3.63) is 0 Å². The van der Waals surface area contributed by atoms with E-state index in [0.29, 0.717) is 6.54 Å². The second kappa shape index (κ2) is 6.47. The number of nitrogens with zero attached hydrogens (tertiary/aromatic N) is 1. The molecule has 114 valence electrons. The average Bonchev–Trinajstić information content (AvgIpc) is 2.33. The van der Waals surface area contributed by atoms with Gasteiger partial charge >= 0.3 is 0 Å². The molecule has 1 fully saturated rings. The number of nitriles is 1. The standard InChI is InChI=1S/C16H28N2O2/c1-6-12(2)14(19)18-10-16(5)8-13(20-11-17)7-15(3,4)9-16/h12-13H,6-10H2,1-5H3,(H,18,19). The van der Waals surface area contributed by atoms with Gasteiger partial charge in [0, 0.05) is 12.5 Å². The highest BCUT2D eigenvalue weighted by Gasteiger charge is 2.42. The molecule has 1 rings (SSSR count). The normalized spacial score (nSPS) is 30.1. The third-order valence-corrected chi connectivity index (χ3v) is 4.37. The van der Waals surface area contributed by atoms with Crippen molar-refractivity contribution in [2.45, 2.75) is 66.4 Å². The lowest BCUT2D eigenvalue weighted by molar-refractivity contribution is -0.125. The number of hydrogen-bond acceptors (Lipinski definition) is 3. The lowest BCUT2D eigenvalue weighted by Gasteiger charge is -2.45. The Labute approximate surface area is 122 Å². The fourth-order valence-electron chi connectivity index (χ4n) is 3.49. The third-order valence-electron chi connectivity index (χ3n) is 4.37. The quantitative estimate of drug-likeness (QED) is 0.786. The smallest absolute Gasteiger partial charge is 0.286 e. The van der Waals surface area contributed by atoms with Crippen LogP contribution in [0.15, 0.2) is 0 Å². The molecule has 0 heterocycles. The van der Waals surface area contributed by atoms with Crippen molar-refractivity contribution < 1.29 is 9.53 Å². The zero-order valence-corrected chi connectivity index (χ0v) is 13.5. The summed E-state index contributed by atoms with van der Waals surface area (Å²) in [7, 11) is 0. The van der Waals surface area contributed by atoms with E-state index in [1.807, 2.05) is 20.1 Å². The van der Waals surface area contributed by atoms with Gasteiger partial charge in [-0.3, -0.25) is 4.79 Å². The molecular formula is C16H28N2O2. The van der Waals surface area contributed by atoms with Gasteiger partial charge in [0.25, 0.3) is 6.26 Å². The van der Waals surface area contributed by atoms with Gasteiger partial charge in [-0.15, -0.1) is 0 Å². The van der Waals surface area contributed by atoms with Crippen LogP contribution in [0, 0.1) is 28.3 Å². The first-order valence-electron chi connectivity index (χ1n) is 7.54. The molecule has 0 radical (unpaired) electrons. The Balaban J connectivity index is 2.66. The van der Waals surface area contributed by atoms with E-state index < -0.39 is 0 Å². The average molecular weight is 280 g/mol. The van der Waals surface area contributed by atoms with Crippen LogP contribution >= 0.6 is 0 Å². The van der Waals surface area contributed by atoms with Gasteiger partial charge < -0.3 is 10.1 Å². The molecule has 3 unspecified atom stereocenters. The highest BCUT2D eigenvalue weighted by Crippen LogP contribution is 2.46. The molecular weight excluding hydrogens is 252 g/mol. The Morgan fingerprint density at radius 2 is 2.10 bits per heavy atom. The predicted octanol–water partition coefficient (Wildman–Crippen LogP) is 3.23. The predicted molar refractivity (Wildman–Crippen MR) is 78.7 cm³/mol. The van der Waals surface area contributed by atoms with E-state index >= 15 is 0 Å². The first kappa shape index (κ1) is 16.8. The maximum atomic E-state index is 11.9. The fourth-order valence-corrected chi connectivity index (χ4v) is 3.49. The summed E-state index contributed by atoms with van der Waals surface area (Å²) >= 11 is 0. The van der Waals surface area contributed by atoms with Crippen LogP contribution < -0.4 is 5.32 Å². The molecule has 1 saturated carbocycles. The Morgan fingerprint density at radius 1 is 1.45 bits per heavy atom. The summed E-state index contributed by atoms with van der Waals surface area (Å²) in [4.78, 5) is 11.9. The monoisotopic (exact) mass is 280 g/mol. The lowest BCUT2D eigenvalue weighted by Crippen LogP contribution is -2.46. The fraction of sp³-hybridized carbons (Fsp3) is 0.875. The molecule has 1 N–H and O–H groups in total. The van der Waals surface area contributed by atoms with Crippen LogP contribution in [0.3, 0.4) is 0 Å². The van der Waals surface area contributed by atoms with E-state index in [1.54, 1.807) is 0 Å². The minimum Gasteiger partial charge on any atom is -0.424 e. The van der Waals surface area contributed by atoms with Crippen LogP contribution in [0.5, 0.6) is 0 Å². The van der Waals surface area contributed by atoms with E-state index in [2.05, 4.69) is 26.1 Å². The molecule has 1 aliphatic carbocycles. The summed E-state index contributed by atoms with van der Waals surface area (Å²) in [6.45, 7) is 11.2. The number of rotatable bonds is 5. The molecule has 3 atom stereocenters. The molecule has 0 aromatic carbocycles. The summed E-state index contributed by atoms with van der Waals surface area (Å²) in [5.74, 6) is 0.177. The Bertz CT molecular complexity index is 386. The van der Waals surface area contributed by atoms with Crippen LogP contribution in [0.1, 0.15) is 60.3 Å². The number of carbonyl (C=O) groups is 1. The summed E-state index contributed by atoms with van der Waals surface area (Å²) < 4.78 is 5.18. The molecule has 0 spiro atoms. The van der Waals surface area contributed by atoms with Crippen LogP contribution in [0.25, 0.3) is 0 Å². The zero-order chi connectivity index (χ0) is 15.4. The molecule has 4 heteroatoms. The maximum absolute atomic E-state index is 11.9. The highest BCUT2D eigenvalue weighted by atomic mass is 16.5. The third kappa shape index (κ3) is 4.70. The molecule has 0 saturated heterocycles. The van der Waals surface area contributed by atoms with E-state index in [9.17, 15) is 4.79 Å². The number of ether oxygens (including phenoxy) is 1. The first-order chi connectivity index (χ1) is 9.21. The van der Waals surface area contributed by atoms with E-state index in [1.165, 1.54) is 0 Å². The van der Waals surface area contributed by atoms with Crippen molar-refractivity contribution in [2.75, 3.05) is 6.54 Å². The largest absolute Gasteiger partial charge is 0.424 e. The summed E-state index contributed by atoms with van der Waals surface area (Å²) in [5, 5.41) is 11.8. The minimum atomic E-state index is -0.0331. The summed E-state index contributed by atoms with van der Waals surface area (Å²) in [5.41, 5.74) is 0.127. The molecule has 0 aliphatic heterocycles. The zero-order valence-electron chi connectivity index (χ0n) is 13.5. The van der Waals surface area contributed by atoms with Gasteiger partial charge in [-0.25, -0.2) is 0 Å². The van der Waals surface area contributed by atoms with Gasteiger partial charge in [0.1, 0.15) is 6.10 Å². The van der Waals surface area contributed by atoms with Gasteiger partial charge in [-0.05, 0) is 36.5 Å². The van der Waals surface area contributed by atoms with Crippen molar-refractivity contribution in [3.63, 3.8) is 0 Å². The number of carbonyl (C=O) groups excluding carboxylic acids is 1. The molecule has 0 aromatic heterocycles. The first-order valence-corrected chi connectivity index (χ1v) is 7.54. The van der Waals surface area contributed by atoms with Gasteiger partial charge in [0.05, 0.1) is 0 Å². The molecule has 1 aliphatic rings. The molecule has 20 heavy (non-hydrogen) atoms. The molecule has 4 nitrogen and oxygen atoms in total. The highest BCUT2D eigenvalue weighted by molar-refractivity contribution is 5.78. The van der Waals surface area contributed by atoms with E-state index in [-0.39, 0.29) is 28.8 Å². The molecule has 1 amide bonds. The minimum absolute atomic E-state index is 0.00755. The Kier molecular flexibility index (Phi) is 5.44. The Morgan fingerprint density at radius 3 is 2.65 bits per heavy atom. The van der Waals surface area contributed by atoms with Gasteiger partial charge in [-0.2, -0.15) is 5.26 Å². The topological polar surface area (TPSA) is 62.1 Å². The van der Waals surface area contributed by atoms with E-state index in [4.69, 9.17) is 10.00 Å². The van der Waals surface area contributed by atoms with Crippen molar-refractivity contribution >= 4 is 5.91 Å². The van der Waals surface area contributed by atoms with Crippen LogP contribution in [0.2, 0.25) is 0 Å². The van der Waals surface area contributed by atoms with Crippen molar-refractivity contribution in [2.24, 2.45) is 16.7 Å². The molecule has 0 aromatic rings. The summed E-state index contributed by atoms with van der Waals surface area (Å²) in [6.07, 6.45) is 5.40. The molecule has 0 bridgehead atoms. The number of nitrogens with one attached hydrogen (secondary N) is 1. The van der Waals surface area contributed by atoms with Gasteiger partial charge in [0.15, 0.2) is 0 Å². The lowest BCUT2D eigenvalue weighted by atomic mass is 9.63. The van der Waals surface area contributed by atoms with E-state index in [0.717, 1.165) is 25.7 Å². The van der Waals surface area contributed by atoms with Crippen LogP contribution in [0.4, 0.5) is 0 Å². The SMILES string of the molecule is CCC(C)C(=O)NCC1(C)CC(OC#N)CC(C)(C)C1. The van der Waals surface area contributed by atoms with Crippen molar-refractivity contribution in [3.8, 4) is 6.26 Å². The maximum Gasteiger partial charge on any atom is 0.286 e. The number of amides is 1. The second-order valence-electron chi connectivity index (χ2n) is 7.42. The Hall–Kier alpha value is -1.24. The van der Waals surface area contributed by atoms with Crippen LogP contribution in [-0.2, 0) is 9.53 Å². The van der Waals surface area contributed by atoms with Crippen molar-refractivity contribution in [1.82, 2.24) is 5.32 Å². The van der Waals surface area contributed by atoms with Crippen LogP contribution in [-0.4, -0.2) is 18.6 Å².